The van der Waals surface area contributed by atoms with Crippen LogP contribution in [0.4, 0.5) is 0 Å². The van der Waals surface area contributed by atoms with Gasteiger partial charge in [0.15, 0.2) is 6.10 Å². The van der Waals surface area contributed by atoms with Gasteiger partial charge in [-0.15, -0.1) is 0 Å². The predicted octanol–water partition coefficient (Wildman–Crippen LogP) is 25.3. The highest BCUT2D eigenvalue weighted by Gasteiger charge is 2.19. The van der Waals surface area contributed by atoms with Crippen molar-refractivity contribution in [1.29, 1.82) is 0 Å². The topological polar surface area (TPSA) is 78.9 Å². The summed E-state index contributed by atoms with van der Waals surface area (Å²) in [6, 6.07) is 0. The molecule has 0 bridgehead atoms. The van der Waals surface area contributed by atoms with E-state index in [-0.39, 0.29) is 31.1 Å². The van der Waals surface area contributed by atoms with Crippen LogP contribution in [0.3, 0.4) is 0 Å². The summed E-state index contributed by atoms with van der Waals surface area (Å²) in [5, 5.41) is 0. The lowest BCUT2D eigenvalue weighted by Gasteiger charge is -2.18. The van der Waals surface area contributed by atoms with Crippen molar-refractivity contribution in [2.75, 3.05) is 13.2 Å². The molecule has 0 radical (unpaired) electrons. The summed E-state index contributed by atoms with van der Waals surface area (Å²) in [4.78, 5) is 38.5. The quantitative estimate of drug-likeness (QED) is 0.0261. The fourth-order valence-corrected chi connectivity index (χ4v) is 11.0. The Morgan fingerprint density at radius 1 is 0.244 bits per heavy atom. The first-order chi connectivity index (χ1) is 40.5. The summed E-state index contributed by atoms with van der Waals surface area (Å²) in [7, 11) is 0. The smallest absolute Gasteiger partial charge is 0.306 e. The normalized spacial score (nSPS) is 12.3. The summed E-state index contributed by atoms with van der Waals surface area (Å²) >= 11 is 0. The summed E-state index contributed by atoms with van der Waals surface area (Å²) in [5.74, 6) is -0.857. The van der Waals surface area contributed by atoms with Crippen molar-refractivity contribution in [2.45, 2.75) is 406 Å². The Labute approximate surface area is 511 Å². The Hall–Kier alpha value is -2.63. The van der Waals surface area contributed by atoms with E-state index in [0.717, 1.165) is 83.5 Å². The molecule has 0 heterocycles. The van der Waals surface area contributed by atoms with Crippen molar-refractivity contribution in [2.24, 2.45) is 0 Å². The van der Waals surface area contributed by atoms with Crippen molar-refractivity contribution in [1.82, 2.24) is 0 Å². The molecule has 1 unspecified atom stereocenters. The van der Waals surface area contributed by atoms with Crippen LogP contribution < -0.4 is 0 Å². The molecule has 0 saturated heterocycles. The highest BCUT2D eigenvalue weighted by molar-refractivity contribution is 5.71. The van der Waals surface area contributed by atoms with E-state index < -0.39 is 6.10 Å². The van der Waals surface area contributed by atoms with Gasteiger partial charge in [-0.1, -0.05) is 345 Å². The molecule has 0 rings (SSSR count). The minimum atomic E-state index is -0.777. The third-order valence-electron chi connectivity index (χ3n) is 16.6. The van der Waals surface area contributed by atoms with Gasteiger partial charge in [0.05, 0.1) is 0 Å². The summed E-state index contributed by atoms with van der Waals surface area (Å²) < 4.78 is 17.0. The Morgan fingerprint density at radius 3 is 0.683 bits per heavy atom. The molecule has 0 aliphatic rings. The number of unbranched alkanes of at least 4 members (excludes halogenated alkanes) is 49. The van der Waals surface area contributed by atoms with Crippen LogP contribution in [0.25, 0.3) is 0 Å². The van der Waals surface area contributed by atoms with E-state index in [1.54, 1.807) is 0 Å². The van der Waals surface area contributed by atoms with E-state index in [2.05, 4.69) is 69.4 Å². The molecule has 0 aliphatic carbocycles. The van der Waals surface area contributed by atoms with Crippen molar-refractivity contribution >= 4 is 17.9 Å². The number of hydrogen-bond acceptors (Lipinski definition) is 6. The maximum atomic E-state index is 13.0. The highest BCUT2D eigenvalue weighted by atomic mass is 16.6. The number of carbonyl (C=O) groups is 3. The minimum Gasteiger partial charge on any atom is -0.462 e. The Balaban J connectivity index is 4.24. The maximum absolute atomic E-state index is 13.0. The molecule has 0 amide bonds. The second-order valence-electron chi connectivity index (χ2n) is 24.9. The van der Waals surface area contributed by atoms with E-state index >= 15 is 0 Å². The second kappa shape index (κ2) is 70.9. The summed E-state index contributed by atoms with van der Waals surface area (Å²) in [6.07, 6.45) is 90.0. The van der Waals surface area contributed by atoms with Gasteiger partial charge in [-0.2, -0.15) is 0 Å². The van der Waals surface area contributed by atoms with E-state index in [1.165, 1.54) is 276 Å². The molecule has 0 N–H and O–H groups in total. The average Bonchev–Trinajstić information content (AvgIpc) is 3.47. The molecule has 0 fully saturated rings. The molecule has 0 aromatic carbocycles. The number of rotatable bonds is 68. The van der Waals surface area contributed by atoms with Crippen LogP contribution >= 0.6 is 0 Å². The number of hydrogen-bond donors (Lipinski definition) is 0. The van der Waals surface area contributed by atoms with Gasteiger partial charge in [0.1, 0.15) is 13.2 Å². The molecule has 6 nitrogen and oxygen atoms in total. The molecular weight excluding hydrogens is 1010 g/mol. The van der Waals surface area contributed by atoms with Crippen LogP contribution in [0.1, 0.15) is 400 Å². The molecule has 480 valence electrons. The van der Waals surface area contributed by atoms with Crippen LogP contribution in [-0.4, -0.2) is 37.2 Å². The van der Waals surface area contributed by atoms with E-state index in [0.29, 0.717) is 19.3 Å². The van der Waals surface area contributed by atoms with Crippen molar-refractivity contribution in [3.63, 3.8) is 0 Å². The number of allylic oxidation sites excluding steroid dienone is 8. The highest BCUT2D eigenvalue weighted by Crippen LogP contribution is 2.18. The minimum absolute atomic E-state index is 0.0723. The summed E-state index contributed by atoms with van der Waals surface area (Å²) in [5.41, 5.74) is 0. The second-order valence-corrected chi connectivity index (χ2v) is 24.9. The molecule has 0 aromatic heterocycles. The van der Waals surface area contributed by atoms with Crippen LogP contribution in [0.5, 0.6) is 0 Å². The van der Waals surface area contributed by atoms with E-state index in [9.17, 15) is 14.4 Å². The largest absolute Gasteiger partial charge is 0.462 e. The predicted molar refractivity (Wildman–Crippen MR) is 358 cm³/mol. The molecule has 0 aromatic rings. The lowest BCUT2D eigenvalue weighted by atomic mass is 10.0. The first kappa shape index (κ1) is 79.4. The molecule has 6 heteroatoms. The van der Waals surface area contributed by atoms with Gasteiger partial charge < -0.3 is 14.2 Å². The van der Waals surface area contributed by atoms with Crippen molar-refractivity contribution in [3.05, 3.63) is 48.6 Å². The number of esters is 3. The molecule has 1 atom stereocenters. The van der Waals surface area contributed by atoms with Gasteiger partial charge >= 0.3 is 17.9 Å². The lowest BCUT2D eigenvalue weighted by molar-refractivity contribution is -0.167. The third-order valence-corrected chi connectivity index (χ3v) is 16.6. The number of carbonyl (C=O) groups excluding carboxylic acids is 3. The Kier molecular flexibility index (Phi) is 68.6. The average molecular weight is 1150 g/mol. The zero-order valence-electron chi connectivity index (χ0n) is 55.3. The molecule has 82 heavy (non-hydrogen) atoms. The molecular formula is C76H140O6. The van der Waals surface area contributed by atoms with Gasteiger partial charge in [0.2, 0.25) is 0 Å². The maximum Gasteiger partial charge on any atom is 0.306 e. The monoisotopic (exact) mass is 1150 g/mol. The van der Waals surface area contributed by atoms with Gasteiger partial charge in [-0.3, -0.25) is 14.4 Å². The van der Waals surface area contributed by atoms with E-state index in [1.807, 2.05) is 0 Å². The van der Waals surface area contributed by atoms with Gasteiger partial charge in [-0.25, -0.2) is 0 Å². The fraction of sp³-hybridized carbons (Fsp3) is 0.855. The molecule has 0 saturated carbocycles. The van der Waals surface area contributed by atoms with Gasteiger partial charge in [0, 0.05) is 19.3 Å². The Bertz CT molecular complexity index is 1410. The zero-order chi connectivity index (χ0) is 59.2. The molecule has 0 spiro atoms. The molecule has 0 aliphatic heterocycles. The Morgan fingerprint density at radius 2 is 0.439 bits per heavy atom. The van der Waals surface area contributed by atoms with Crippen molar-refractivity contribution in [3.8, 4) is 0 Å². The van der Waals surface area contributed by atoms with Gasteiger partial charge in [-0.05, 0) is 83.5 Å². The van der Waals surface area contributed by atoms with Crippen LogP contribution in [0, 0.1) is 0 Å². The van der Waals surface area contributed by atoms with Crippen LogP contribution in [0.2, 0.25) is 0 Å². The van der Waals surface area contributed by atoms with E-state index in [4.69, 9.17) is 14.2 Å². The van der Waals surface area contributed by atoms with Gasteiger partial charge in [0.25, 0.3) is 0 Å². The standard InChI is InChI=1S/C76H140O6/c1-4-7-10-13-16-19-22-25-28-31-33-34-35-36-37-38-39-40-41-42-44-45-48-51-54-57-60-63-66-69-75(78)81-72-73(71-80-74(77)68-65-62-59-56-53-50-47-30-27-24-21-18-15-12-9-6-3)82-76(79)70-67-64-61-58-55-52-49-46-43-32-29-26-23-20-17-14-11-8-5-2/h21-22,24-25,30-31,33,47,73H,4-20,23,26-29,32,34-46,48-72H2,1-3H3/b24-21-,25-22-,33-31-,47-30-. The van der Waals surface area contributed by atoms with Crippen LogP contribution in [-0.2, 0) is 28.6 Å². The SMILES string of the molecule is CCCCCC/C=C\C/C=C\CCCCCCCC(=O)OCC(COC(=O)CCCCCCCCCCCCCCCCCCC/C=C\C/C=C\CCCCCCC)OC(=O)CCCCCCCCCCCCCCCCCCCCC. The first-order valence-corrected chi connectivity index (χ1v) is 36.6. The van der Waals surface area contributed by atoms with Crippen molar-refractivity contribution < 1.29 is 28.6 Å². The summed E-state index contributed by atoms with van der Waals surface area (Å²) in [6.45, 7) is 6.68. The lowest BCUT2D eigenvalue weighted by Crippen LogP contribution is -2.30. The first-order valence-electron chi connectivity index (χ1n) is 36.6. The fourth-order valence-electron chi connectivity index (χ4n) is 11.0. The van der Waals surface area contributed by atoms with Crippen LogP contribution in [0.15, 0.2) is 48.6 Å². The third kappa shape index (κ3) is 68.2. The number of ether oxygens (including phenoxy) is 3. The zero-order valence-corrected chi connectivity index (χ0v) is 55.3.